The average molecular weight is 286 g/mol. The van der Waals surface area contributed by atoms with E-state index in [2.05, 4.69) is 9.97 Å². The van der Waals surface area contributed by atoms with Crippen LogP contribution in [0, 0.1) is 5.92 Å². The fourth-order valence-corrected chi connectivity index (χ4v) is 2.35. The van der Waals surface area contributed by atoms with Gasteiger partial charge in [-0.3, -0.25) is 9.37 Å². The lowest BCUT2D eigenvalue weighted by molar-refractivity contribution is -0.109. The summed E-state index contributed by atoms with van der Waals surface area (Å²) in [7, 11) is 0. The summed E-state index contributed by atoms with van der Waals surface area (Å²) in [4.78, 5) is 6.88. The third kappa shape index (κ3) is 3.12. The lowest BCUT2D eigenvalue weighted by Crippen LogP contribution is -2.41. The fourth-order valence-electron chi connectivity index (χ4n) is 2.35. The standard InChI is InChI=1S/C14H17F3N2O/c1-9(7-15)5-14(20,13(16)17)6-11-4-10-2-3-18-8-12(10)19-11/h2-4,8-9,13,19-20H,5-7H2,1H3. The van der Waals surface area contributed by atoms with Crippen molar-refractivity contribution in [2.24, 2.45) is 5.92 Å². The molecule has 0 aliphatic rings. The first-order valence-corrected chi connectivity index (χ1v) is 6.42. The molecule has 20 heavy (non-hydrogen) atoms. The molecule has 0 saturated carbocycles. The van der Waals surface area contributed by atoms with Crippen LogP contribution in [0.25, 0.3) is 10.9 Å². The quantitative estimate of drug-likeness (QED) is 0.857. The molecule has 2 aromatic heterocycles. The minimum atomic E-state index is -2.93. The summed E-state index contributed by atoms with van der Waals surface area (Å²) >= 11 is 0. The Balaban J connectivity index is 2.23. The molecule has 0 amide bonds. The highest BCUT2D eigenvalue weighted by atomic mass is 19.3. The second-order valence-corrected chi connectivity index (χ2v) is 5.30. The molecule has 0 saturated heterocycles. The van der Waals surface area contributed by atoms with Gasteiger partial charge < -0.3 is 10.1 Å². The van der Waals surface area contributed by atoms with Crippen LogP contribution in [0.1, 0.15) is 19.0 Å². The molecule has 2 unspecified atom stereocenters. The molecule has 2 aromatic rings. The van der Waals surface area contributed by atoms with Crippen LogP contribution in [0.5, 0.6) is 0 Å². The molecule has 0 aliphatic heterocycles. The maximum Gasteiger partial charge on any atom is 0.267 e. The van der Waals surface area contributed by atoms with Gasteiger partial charge >= 0.3 is 0 Å². The molecule has 2 rings (SSSR count). The number of H-pyrrole nitrogens is 1. The second-order valence-electron chi connectivity index (χ2n) is 5.30. The number of aliphatic hydroxyl groups is 1. The number of hydrogen-bond acceptors (Lipinski definition) is 2. The highest BCUT2D eigenvalue weighted by Gasteiger charge is 2.39. The molecule has 0 aliphatic carbocycles. The molecule has 0 aromatic carbocycles. The number of halogens is 3. The monoisotopic (exact) mass is 286 g/mol. The zero-order chi connectivity index (χ0) is 14.8. The van der Waals surface area contributed by atoms with Crippen molar-refractivity contribution in [1.29, 1.82) is 0 Å². The van der Waals surface area contributed by atoms with Crippen LogP contribution in [0.4, 0.5) is 13.2 Å². The van der Waals surface area contributed by atoms with Crippen molar-refractivity contribution in [3.8, 4) is 0 Å². The van der Waals surface area contributed by atoms with Crippen LogP contribution >= 0.6 is 0 Å². The number of pyridine rings is 1. The van der Waals surface area contributed by atoms with E-state index >= 15 is 0 Å². The highest BCUT2D eigenvalue weighted by Crippen LogP contribution is 2.29. The SMILES string of the molecule is CC(CF)CC(O)(Cc1cc2ccncc2[nH]1)C(F)F. The van der Waals surface area contributed by atoms with E-state index in [-0.39, 0.29) is 12.8 Å². The summed E-state index contributed by atoms with van der Waals surface area (Å²) in [5.41, 5.74) is -1.01. The van der Waals surface area contributed by atoms with E-state index in [4.69, 9.17) is 0 Å². The van der Waals surface area contributed by atoms with E-state index in [1.165, 1.54) is 6.92 Å². The van der Waals surface area contributed by atoms with Crippen molar-refractivity contribution in [2.45, 2.75) is 31.8 Å². The van der Waals surface area contributed by atoms with E-state index in [0.717, 1.165) is 10.9 Å². The lowest BCUT2D eigenvalue weighted by Gasteiger charge is -2.28. The Kier molecular flexibility index (Phi) is 4.32. The molecule has 0 bridgehead atoms. The van der Waals surface area contributed by atoms with Crippen molar-refractivity contribution in [1.82, 2.24) is 9.97 Å². The third-order valence-electron chi connectivity index (χ3n) is 3.35. The number of rotatable bonds is 6. The summed E-state index contributed by atoms with van der Waals surface area (Å²) in [6.07, 6.45) is -0.270. The fraction of sp³-hybridized carbons (Fsp3) is 0.500. The number of aromatic nitrogens is 2. The highest BCUT2D eigenvalue weighted by molar-refractivity contribution is 5.79. The van der Waals surface area contributed by atoms with Gasteiger partial charge in [0.25, 0.3) is 6.43 Å². The van der Waals surface area contributed by atoms with E-state index in [0.29, 0.717) is 5.69 Å². The van der Waals surface area contributed by atoms with Crippen LogP contribution in [0.3, 0.4) is 0 Å². The first kappa shape index (κ1) is 14.8. The van der Waals surface area contributed by atoms with Crippen LogP contribution in [-0.4, -0.2) is 33.8 Å². The Hall–Kier alpha value is -1.56. The number of hydrogen-bond donors (Lipinski definition) is 2. The zero-order valence-electron chi connectivity index (χ0n) is 11.1. The van der Waals surface area contributed by atoms with Crippen LogP contribution < -0.4 is 0 Å². The minimum absolute atomic E-state index is 0.246. The van der Waals surface area contributed by atoms with Gasteiger partial charge in [-0.05, 0) is 24.5 Å². The van der Waals surface area contributed by atoms with Gasteiger partial charge in [0, 0.05) is 23.7 Å². The van der Waals surface area contributed by atoms with E-state index in [1.54, 1.807) is 24.5 Å². The predicted molar refractivity (Wildman–Crippen MR) is 70.5 cm³/mol. The Morgan fingerprint density at radius 1 is 1.45 bits per heavy atom. The first-order valence-electron chi connectivity index (χ1n) is 6.42. The molecule has 2 heterocycles. The molecule has 0 fully saturated rings. The Morgan fingerprint density at radius 2 is 2.20 bits per heavy atom. The van der Waals surface area contributed by atoms with Crippen molar-refractivity contribution in [3.63, 3.8) is 0 Å². The maximum atomic E-state index is 13.1. The largest absolute Gasteiger partial charge is 0.384 e. The molecule has 0 spiro atoms. The van der Waals surface area contributed by atoms with Gasteiger partial charge in [-0.1, -0.05) is 6.92 Å². The molecule has 2 N–H and O–H groups in total. The van der Waals surface area contributed by atoms with Crippen LogP contribution in [0.15, 0.2) is 24.5 Å². The topological polar surface area (TPSA) is 48.9 Å². The van der Waals surface area contributed by atoms with Crippen LogP contribution in [-0.2, 0) is 6.42 Å². The predicted octanol–water partition coefficient (Wildman–Crippen LogP) is 3.10. The van der Waals surface area contributed by atoms with E-state index in [9.17, 15) is 18.3 Å². The van der Waals surface area contributed by atoms with Gasteiger partial charge in [-0.15, -0.1) is 0 Å². The summed E-state index contributed by atoms with van der Waals surface area (Å²) < 4.78 is 38.8. The molecule has 0 radical (unpaired) electrons. The number of alkyl halides is 3. The number of nitrogens with one attached hydrogen (secondary N) is 1. The normalized spacial score (nSPS) is 16.5. The van der Waals surface area contributed by atoms with Crippen molar-refractivity contribution < 1.29 is 18.3 Å². The van der Waals surface area contributed by atoms with Crippen molar-refractivity contribution in [3.05, 3.63) is 30.2 Å². The van der Waals surface area contributed by atoms with Gasteiger partial charge in [0.05, 0.1) is 18.4 Å². The molecule has 110 valence electrons. The van der Waals surface area contributed by atoms with Gasteiger partial charge in [-0.2, -0.15) is 0 Å². The van der Waals surface area contributed by atoms with Gasteiger partial charge in [-0.25, -0.2) is 8.78 Å². The van der Waals surface area contributed by atoms with Gasteiger partial charge in [0.1, 0.15) is 5.60 Å². The molecule has 3 nitrogen and oxygen atoms in total. The first-order chi connectivity index (χ1) is 9.44. The Labute approximate surface area is 114 Å². The van der Waals surface area contributed by atoms with Gasteiger partial charge in [0.15, 0.2) is 0 Å². The van der Waals surface area contributed by atoms with Crippen LogP contribution in [0.2, 0.25) is 0 Å². The zero-order valence-corrected chi connectivity index (χ0v) is 11.1. The number of nitrogens with zero attached hydrogens (tertiary/aromatic N) is 1. The Morgan fingerprint density at radius 3 is 2.80 bits per heavy atom. The summed E-state index contributed by atoms with van der Waals surface area (Å²) in [6, 6.07) is 3.45. The minimum Gasteiger partial charge on any atom is -0.384 e. The lowest BCUT2D eigenvalue weighted by atomic mass is 9.88. The van der Waals surface area contributed by atoms with Crippen molar-refractivity contribution >= 4 is 10.9 Å². The average Bonchev–Trinajstić information content (AvgIpc) is 2.79. The smallest absolute Gasteiger partial charge is 0.267 e. The molecule has 2 atom stereocenters. The van der Waals surface area contributed by atoms with Gasteiger partial charge in [0.2, 0.25) is 0 Å². The molecular weight excluding hydrogens is 269 g/mol. The maximum absolute atomic E-state index is 13.1. The van der Waals surface area contributed by atoms with Crippen molar-refractivity contribution in [2.75, 3.05) is 6.67 Å². The van der Waals surface area contributed by atoms with E-state index < -0.39 is 24.6 Å². The second kappa shape index (κ2) is 5.83. The summed E-state index contributed by atoms with van der Waals surface area (Å²) in [5.74, 6) is -0.611. The Bertz CT molecular complexity index is 539. The van der Waals surface area contributed by atoms with E-state index in [1.807, 2.05) is 0 Å². The number of fused-ring (bicyclic) bond motifs is 1. The number of aromatic amines is 1. The third-order valence-corrected chi connectivity index (χ3v) is 3.35. The summed E-state index contributed by atoms with van der Waals surface area (Å²) in [5, 5.41) is 11.0. The molecular formula is C14H17F3N2O. The molecule has 6 heteroatoms. The summed E-state index contributed by atoms with van der Waals surface area (Å²) in [6.45, 7) is 0.772.